The van der Waals surface area contributed by atoms with E-state index in [1.165, 1.54) is 7.11 Å². The van der Waals surface area contributed by atoms with Gasteiger partial charge in [-0.1, -0.05) is 18.2 Å². The lowest BCUT2D eigenvalue weighted by molar-refractivity contribution is 0.382. The van der Waals surface area contributed by atoms with E-state index >= 15 is 0 Å². The highest BCUT2D eigenvalue weighted by atomic mass is 19.1. The van der Waals surface area contributed by atoms with Gasteiger partial charge in [-0.15, -0.1) is 0 Å². The number of halogens is 1. The topological polar surface area (TPSA) is 34.2 Å². The summed E-state index contributed by atoms with van der Waals surface area (Å²) in [4.78, 5) is 4.31. The fourth-order valence-corrected chi connectivity index (χ4v) is 2.18. The number of nitrogens with one attached hydrogen (secondary N) is 1. The molecule has 1 N–H and O–H groups in total. The fraction of sp³-hybridized carbons (Fsp3) is 0.312. The number of nitrogens with zero attached hydrogens (tertiary/aromatic N) is 1. The molecule has 3 nitrogen and oxygen atoms in total. The monoisotopic (exact) mass is 274 g/mol. The molecule has 4 heteroatoms. The molecule has 0 saturated carbocycles. The van der Waals surface area contributed by atoms with Crippen LogP contribution >= 0.6 is 0 Å². The van der Waals surface area contributed by atoms with E-state index < -0.39 is 0 Å². The Bertz CT molecular complexity index is 545. The van der Waals surface area contributed by atoms with Gasteiger partial charge >= 0.3 is 0 Å². The van der Waals surface area contributed by atoms with E-state index in [9.17, 15) is 4.39 Å². The van der Waals surface area contributed by atoms with Crippen LogP contribution in [0.25, 0.3) is 0 Å². The quantitative estimate of drug-likeness (QED) is 0.879. The molecule has 0 spiro atoms. The van der Waals surface area contributed by atoms with Crippen LogP contribution in [0, 0.1) is 5.82 Å². The van der Waals surface area contributed by atoms with Gasteiger partial charge < -0.3 is 10.1 Å². The van der Waals surface area contributed by atoms with Crippen LogP contribution in [0.3, 0.4) is 0 Å². The molecule has 106 valence electrons. The summed E-state index contributed by atoms with van der Waals surface area (Å²) >= 11 is 0. The van der Waals surface area contributed by atoms with Crippen molar-refractivity contribution in [3.8, 4) is 5.75 Å². The van der Waals surface area contributed by atoms with E-state index in [4.69, 9.17) is 4.74 Å². The Morgan fingerprint density at radius 3 is 2.70 bits per heavy atom. The van der Waals surface area contributed by atoms with Crippen molar-refractivity contribution < 1.29 is 9.13 Å². The molecule has 0 saturated heterocycles. The first-order chi connectivity index (χ1) is 9.74. The predicted molar refractivity (Wildman–Crippen MR) is 77.4 cm³/mol. The molecule has 0 fully saturated rings. The molecule has 1 atom stereocenters. The standard InChI is InChI=1S/C16H19FN2O/c1-18-14(11-13-7-3-4-9-19-13)10-12-6-5-8-15(20-2)16(12)17/h3-9,14,18H,10-11H2,1-2H3. The molecule has 1 aromatic carbocycles. The number of pyridine rings is 1. The molecule has 1 unspecified atom stereocenters. The molecular formula is C16H19FN2O. The van der Waals surface area contributed by atoms with Gasteiger partial charge in [0.2, 0.25) is 0 Å². The van der Waals surface area contributed by atoms with Crippen LogP contribution in [0.15, 0.2) is 42.6 Å². The first-order valence-electron chi connectivity index (χ1n) is 6.63. The Kier molecular flexibility index (Phi) is 5.07. The summed E-state index contributed by atoms with van der Waals surface area (Å²) in [6.45, 7) is 0. The molecule has 20 heavy (non-hydrogen) atoms. The van der Waals surface area contributed by atoms with Gasteiger partial charge in [0.1, 0.15) is 0 Å². The van der Waals surface area contributed by atoms with Crippen molar-refractivity contribution in [1.82, 2.24) is 10.3 Å². The van der Waals surface area contributed by atoms with Crippen molar-refractivity contribution in [3.05, 3.63) is 59.7 Å². The Hall–Kier alpha value is -1.94. The van der Waals surface area contributed by atoms with Crippen LogP contribution in [0.4, 0.5) is 4.39 Å². The second kappa shape index (κ2) is 7.01. The van der Waals surface area contributed by atoms with E-state index in [0.29, 0.717) is 12.0 Å². The molecule has 2 aromatic rings. The highest BCUT2D eigenvalue weighted by Crippen LogP contribution is 2.21. The fourth-order valence-electron chi connectivity index (χ4n) is 2.18. The van der Waals surface area contributed by atoms with Crippen LogP contribution in [-0.4, -0.2) is 25.2 Å². The van der Waals surface area contributed by atoms with Crippen LogP contribution in [0.5, 0.6) is 5.75 Å². The summed E-state index contributed by atoms with van der Waals surface area (Å²) in [6.07, 6.45) is 3.12. The van der Waals surface area contributed by atoms with Gasteiger partial charge in [-0.3, -0.25) is 4.98 Å². The Morgan fingerprint density at radius 2 is 2.05 bits per heavy atom. The van der Waals surface area contributed by atoms with Gasteiger partial charge in [0.05, 0.1) is 7.11 Å². The van der Waals surface area contributed by atoms with E-state index in [2.05, 4.69) is 10.3 Å². The Labute approximate surface area is 118 Å². The van der Waals surface area contributed by atoms with Crippen LogP contribution in [-0.2, 0) is 12.8 Å². The van der Waals surface area contributed by atoms with E-state index in [1.54, 1.807) is 18.3 Å². The summed E-state index contributed by atoms with van der Waals surface area (Å²) in [5, 5.41) is 3.22. The lowest BCUT2D eigenvalue weighted by Crippen LogP contribution is -2.30. The summed E-state index contributed by atoms with van der Waals surface area (Å²) in [7, 11) is 3.36. The molecule has 0 radical (unpaired) electrons. The summed E-state index contributed by atoms with van der Waals surface area (Å²) in [5.74, 6) is 0.00598. The molecule has 0 amide bonds. The van der Waals surface area contributed by atoms with E-state index in [-0.39, 0.29) is 17.6 Å². The number of likely N-dealkylation sites (N-methyl/N-ethyl adjacent to an activating group) is 1. The second-order valence-corrected chi connectivity index (χ2v) is 4.65. The van der Waals surface area contributed by atoms with Crippen molar-refractivity contribution >= 4 is 0 Å². The summed E-state index contributed by atoms with van der Waals surface area (Å²) in [5.41, 5.74) is 1.65. The highest BCUT2D eigenvalue weighted by Gasteiger charge is 2.14. The molecule has 1 aromatic heterocycles. The number of ether oxygens (including phenoxy) is 1. The second-order valence-electron chi connectivity index (χ2n) is 4.65. The lowest BCUT2D eigenvalue weighted by atomic mass is 10.0. The van der Waals surface area contributed by atoms with Crippen molar-refractivity contribution in [1.29, 1.82) is 0 Å². The van der Waals surface area contributed by atoms with Gasteiger partial charge in [-0.25, -0.2) is 4.39 Å². The van der Waals surface area contributed by atoms with Crippen molar-refractivity contribution in [2.75, 3.05) is 14.2 Å². The minimum absolute atomic E-state index is 0.131. The van der Waals surface area contributed by atoms with E-state index in [0.717, 1.165) is 12.1 Å². The van der Waals surface area contributed by atoms with Gasteiger partial charge in [0.15, 0.2) is 11.6 Å². The maximum Gasteiger partial charge on any atom is 0.168 e. The zero-order chi connectivity index (χ0) is 14.4. The van der Waals surface area contributed by atoms with Crippen LogP contribution in [0.1, 0.15) is 11.3 Å². The molecule has 0 aliphatic rings. The maximum atomic E-state index is 14.1. The third kappa shape index (κ3) is 3.54. The van der Waals surface area contributed by atoms with Gasteiger partial charge in [-0.05, 0) is 37.2 Å². The van der Waals surface area contributed by atoms with Gasteiger partial charge in [-0.2, -0.15) is 0 Å². The van der Waals surface area contributed by atoms with Crippen molar-refractivity contribution in [2.45, 2.75) is 18.9 Å². The van der Waals surface area contributed by atoms with Crippen molar-refractivity contribution in [2.24, 2.45) is 0 Å². The lowest BCUT2D eigenvalue weighted by Gasteiger charge is -2.17. The number of hydrogen-bond acceptors (Lipinski definition) is 3. The summed E-state index contributed by atoms with van der Waals surface area (Å²) < 4.78 is 19.2. The SMILES string of the molecule is CNC(Cc1ccccn1)Cc1cccc(OC)c1F. The third-order valence-corrected chi connectivity index (χ3v) is 3.32. The number of benzene rings is 1. The molecule has 2 rings (SSSR count). The first-order valence-corrected chi connectivity index (χ1v) is 6.63. The average molecular weight is 274 g/mol. The molecule has 1 heterocycles. The third-order valence-electron chi connectivity index (χ3n) is 3.32. The van der Waals surface area contributed by atoms with Crippen LogP contribution < -0.4 is 10.1 Å². The summed E-state index contributed by atoms with van der Waals surface area (Å²) in [6, 6.07) is 11.2. The van der Waals surface area contributed by atoms with Gasteiger partial charge in [0, 0.05) is 24.4 Å². The average Bonchev–Trinajstić information content (AvgIpc) is 2.49. The van der Waals surface area contributed by atoms with Gasteiger partial charge in [0.25, 0.3) is 0 Å². The Morgan fingerprint density at radius 1 is 1.20 bits per heavy atom. The zero-order valence-electron chi connectivity index (χ0n) is 11.8. The highest BCUT2D eigenvalue weighted by molar-refractivity contribution is 5.31. The zero-order valence-corrected chi connectivity index (χ0v) is 11.8. The maximum absolute atomic E-state index is 14.1. The van der Waals surface area contributed by atoms with Crippen molar-refractivity contribution in [3.63, 3.8) is 0 Å². The molecular weight excluding hydrogens is 255 g/mol. The number of methoxy groups -OCH3 is 1. The Balaban J connectivity index is 2.10. The largest absolute Gasteiger partial charge is 0.494 e. The molecule has 0 bridgehead atoms. The molecule has 0 aliphatic carbocycles. The number of hydrogen-bond donors (Lipinski definition) is 1. The van der Waals surface area contributed by atoms with E-state index in [1.807, 2.05) is 31.3 Å². The smallest absolute Gasteiger partial charge is 0.168 e. The van der Waals surface area contributed by atoms with Crippen LogP contribution in [0.2, 0.25) is 0 Å². The predicted octanol–water partition coefficient (Wildman–Crippen LogP) is 2.60. The minimum atomic E-state index is -0.281. The first kappa shape index (κ1) is 14.5. The molecule has 0 aliphatic heterocycles. The number of rotatable bonds is 6. The minimum Gasteiger partial charge on any atom is -0.494 e. The number of aromatic nitrogens is 1. The normalized spacial score (nSPS) is 12.2.